The van der Waals surface area contributed by atoms with Crippen LogP contribution < -0.4 is 5.32 Å². The van der Waals surface area contributed by atoms with Gasteiger partial charge in [0.1, 0.15) is 0 Å². The van der Waals surface area contributed by atoms with Gasteiger partial charge in [-0.2, -0.15) is 0 Å². The molecule has 1 aromatic heterocycles. The largest absolute Gasteiger partial charge is 0.372 e. The highest BCUT2D eigenvalue weighted by Crippen LogP contribution is 2.24. The Balaban J connectivity index is 2.07. The third-order valence-corrected chi connectivity index (χ3v) is 3.92. The molecule has 1 aromatic rings. The highest BCUT2D eigenvalue weighted by Gasteiger charge is 2.37. The molecule has 6 nitrogen and oxygen atoms in total. The Hall–Kier alpha value is -2.21. The molecule has 0 saturated carbocycles. The second-order valence-corrected chi connectivity index (χ2v) is 5.57. The first-order valence-corrected chi connectivity index (χ1v) is 7.77. The van der Waals surface area contributed by atoms with Crippen molar-refractivity contribution in [2.75, 3.05) is 19.7 Å². The van der Waals surface area contributed by atoms with E-state index in [1.165, 1.54) is 6.92 Å². The molecule has 23 heavy (non-hydrogen) atoms. The van der Waals surface area contributed by atoms with E-state index in [-0.39, 0.29) is 30.5 Å². The number of carbonyl (C=O) groups excluding carboxylic acids is 2. The van der Waals surface area contributed by atoms with Gasteiger partial charge in [0.15, 0.2) is 0 Å². The molecular weight excluding hydrogens is 294 g/mol. The first-order valence-electron chi connectivity index (χ1n) is 7.77. The molecule has 0 bridgehead atoms. The smallest absolute Gasteiger partial charge is 0.242 e. The molecule has 1 fully saturated rings. The van der Waals surface area contributed by atoms with Gasteiger partial charge < -0.3 is 15.0 Å². The number of nitrogens with zero attached hydrogens (tertiary/aromatic N) is 2. The van der Waals surface area contributed by atoms with Crippen LogP contribution in [0.2, 0.25) is 0 Å². The number of hydrogen-bond acceptors (Lipinski definition) is 4. The topological polar surface area (TPSA) is 71.5 Å². The van der Waals surface area contributed by atoms with Gasteiger partial charge in [0.25, 0.3) is 0 Å². The van der Waals surface area contributed by atoms with Crippen molar-refractivity contribution >= 4 is 11.8 Å². The summed E-state index contributed by atoms with van der Waals surface area (Å²) >= 11 is 0. The summed E-state index contributed by atoms with van der Waals surface area (Å²) in [5.41, 5.74) is 1.11. The third kappa shape index (κ3) is 4.89. The lowest BCUT2D eigenvalue weighted by molar-refractivity contribution is -0.134. The summed E-state index contributed by atoms with van der Waals surface area (Å²) in [6, 6.07) is 3.84. The molecule has 2 amide bonds. The minimum atomic E-state index is -0.206. The molecule has 2 atom stereocenters. The molecule has 124 valence electrons. The molecule has 0 aromatic carbocycles. The van der Waals surface area contributed by atoms with Crippen LogP contribution in [-0.4, -0.2) is 53.5 Å². The van der Waals surface area contributed by atoms with Gasteiger partial charge in [0.05, 0.1) is 25.3 Å². The van der Waals surface area contributed by atoms with E-state index in [1.54, 1.807) is 18.5 Å². The minimum Gasteiger partial charge on any atom is -0.372 e. The minimum absolute atomic E-state index is 0.0242. The van der Waals surface area contributed by atoms with Gasteiger partial charge in [0.2, 0.25) is 11.8 Å². The highest BCUT2D eigenvalue weighted by molar-refractivity contribution is 5.84. The lowest BCUT2D eigenvalue weighted by Crippen LogP contribution is -2.46. The molecule has 0 spiro atoms. The number of likely N-dealkylation sites (tertiary alicyclic amines) is 1. The van der Waals surface area contributed by atoms with Crippen molar-refractivity contribution in [3.63, 3.8) is 0 Å². The average Bonchev–Trinajstić information content (AvgIpc) is 2.94. The number of rotatable bonds is 7. The van der Waals surface area contributed by atoms with Crippen molar-refractivity contribution in [1.29, 1.82) is 0 Å². The quantitative estimate of drug-likeness (QED) is 0.760. The fourth-order valence-corrected chi connectivity index (χ4v) is 2.82. The van der Waals surface area contributed by atoms with Crippen LogP contribution in [0.15, 0.2) is 37.2 Å². The zero-order valence-electron chi connectivity index (χ0n) is 13.4. The van der Waals surface area contributed by atoms with Crippen molar-refractivity contribution in [1.82, 2.24) is 15.2 Å². The van der Waals surface area contributed by atoms with E-state index < -0.39 is 0 Å². The summed E-state index contributed by atoms with van der Waals surface area (Å²) in [6.45, 7) is 6.20. The second-order valence-electron chi connectivity index (χ2n) is 5.57. The van der Waals surface area contributed by atoms with Crippen LogP contribution in [-0.2, 0) is 20.7 Å². The van der Waals surface area contributed by atoms with Crippen LogP contribution in [0.3, 0.4) is 0 Å². The maximum absolute atomic E-state index is 12.4. The predicted octanol–water partition coefficient (Wildman–Crippen LogP) is 0.932. The fourth-order valence-electron chi connectivity index (χ4n) is 2.82. The Morgan fingerprint density at radius 1 is 1.48 bits per heavy atom. The lowest BCUT2D eigenvalue weighted by Gasteiger charge is -2.28. The molecule has 1 saturated heterocycles. The van der Waals surface area contributed by atoms with E-state index in [4.69, 9.17) is 4.74 Å². The van der Waals surface area contributed by atoms with Gasteiger partial charge in [-0.25, -0.2) is 0 Å². The molecule has 0 unspecified atom stereocenters. The van der Waals surface area contributed by atoms with Crippen LogP contribution in [0.4, 0.5) is 0 Å². The summed E-state index contributed by atoms with van der Waals surface area (Å²) in [6.07, 6.45) is 6.67. The van der Waals surface area contributed by atoms with Crippen molar-refractivity contribution in [3.8, 4) is 0 Å². The maximum Gasteiger partial charge on any atom is 0.242 e. The van der Waals surface area contributed by atoms with E-state index in [9.17, 15) is 9.59 Å². The fraction of sp³-hybridized carbons (Fsp3) is 0.471. The van der Waals surface area contributed by atoms with Crippen LogP contribution in [0.25, 0.3) is 0 Å². The SMILES string of the molecule is C=CCO[C@@H]1CCN(C(=O)CNC(C)=O)[C@H]1Cc1ccncc1. The first kappa shape index (κ1) is 17.1. The van der Waals surface area contributed by atoms with Gasteiger partial charge in [-0.3, -0.25) is 14.6 Å². The Bertz CT molecular complexity index is 547. The van der Waals surface area contributed by atoms with E-state index >= 15 is 0 Å². The summed E-state index contributed by atoms with van der Waals surface area (Å²) in [4.78, 5) is 29.2. The molecule has 0 radical (unpaired) electrons. The highest BCUT2D eigenvalue weighted by atomic mass is 16.5. The predicted molar refractivity (Wildman–Crippen MR) is 86.7 cm³/mol. The van der Waals surface area contributed by atoms with E-state index in [0.717, 1.165) is 12.0 Å². The number of ether oxygens (including phenoxy) is 1. The Labute approximate surface area is 136 Å². The van der Waals surface area contributed by atoms with Crippen molar-refractivity contribution in [3.05, 3.63) is 42.7 Å². The third-order valence-electron chi connectivity index (χ3n) is 3.92. The summed E-state index contributed by atoms with van der Waals surface area (Å²) in [7, 11) is 0. The second kappa shape index (κ2) is 8.43. The molecule has 2 rings (SSSR count). The number of aromatic nitrogens is 1. The number of pyridine rings is 1. The first-order chi connectivity index (χ1) is 11.1. The maximum atomic E-state index is 12.4. The number of carbonyl (C=O) groups is 2. The van der Waals surface area contributed by atoms with Crippen LogP contribution in [0.5, 0.6) is 0 Å². The molecule has 1 N–H and O–H groups in total. The van der Waals surface area contributed by atoms with Gasteiger partial charge >= 0.3 is 0 Å². The van der Waals surface area contributed by atoms with Gasteiger partial charge in [-0.05, 0) is 30.5 Å². The normalized spacial score (nSPS) is 20.3. The Kier molecular flexibility index (Phi) is 6.29. The molecular formula is C17H23N3O3. The molecule has 6 heteroatoms. The van der Waals surface area contributed by atoms with Crippen LogP contribution in [0, 0.1) is 0 Å². The summed E-state index contributed by atoms with van der Waals surface area (Å²) in [5, 5.41) is 2.57. The van der Waals surface area contributed by atoms with E-state index in [2.05, 4.69) is 16.9 Å². The average molecular weight is 317 g/mol. The number of amides is 2. The molecule has 0 aliphatic carbocycles. The summed E-state index contributed by atoms with van der Waals surface area (Å²) in [5.74, 6) is -0.286. The lowest BCUT2D eigenvalue weighted by atomic mass is 10.0. The van der Waals surface area contributed by atoms with Crippen LogP contribution >= 0.6 is 0 Å². The zero-order valence-corrected chi connectivity index (χ0v) is 13.4. The van der Waals surface area contributed by atoms with Crippen molar-refractivity contribution < 1.29 is 14.3 Å². The zero-order chi connectivity index (χ0) is 16.7. The Morgan fingerprint density at radius 2 is 2.22 bits per heavy atom. The number of hydrogen-bond donors (Lipinski definition) is 1. The van der Waals surface area contributed by atoms with Gasteiger partial charge in [-0.1, -0.05) is 6.08 Å². The van der Waals surface area contributed by atoms with E-state index in [1.807, 2.05) is 17.0 Å². The number of nitrogens with one attached hydrogen (secondary N) is 1. The molecule has 2 heterocycles. The monoisotopic (exact) mass is 317 g/mol. The Morgan fingerprint density at radius 3 is 2.87 bits per heavy atom. The van der Waals surface area contributed by atoms with Crippen LogP contribution in [0.1, 0.15) is 18.9 Å². The van der Waals surface area contributed by atoms with Crippen molar-refractivity contribution in [2.45, 2.75) is 31.9 Å². The molecule has 1 aliphatic heterocycles. The van der Waals surface area contributed by atoms with Crippen molar-refractivity contribution in [2.24, 2.45) is 0 Å². The standard InChI is InChI=1S/C17H23N3O3/c1-3-10-23-16-6-9-20(17(22)12-19-13(2)21)15(16)11-14-4-7-18-8-5-14/h3-5,7-8,15-16H,1,6,9-12H2,2H3,(H,19,21)/t15-,16+/m0/s1. The van der Waals surface area contributed by atoms with E-state index in [0.29, 0.717) is 19.6 Å². The van der Waals surface area contributed by atoms with Gasteiger partial charge in [-0.15, -0.1) is 6.58 Å². The van der Waals surface area contributed by atoms with Gasteiger partial charge in [0, 0.05) is 25.9 Å². The molecule has 1 aliphatic rings. The summed E-state index contributed by atoms with van der Waals surface area (Å²) < 4.78 is 5.83.